The number of oxazole rings is 1. The van der Waals surface area contributed by atoms with Crippen LogP contribution in [0.5, 0.6) is 0 Å². The first-order valence-corrected chi connectivity index (χ1v) is 5.48. The average Bonchev–Trinajstić information content (AvgIpc) is 2.81. The zero-order valence-electron chi connectivity index (χ0n) is 9.43. The van der Waals surface area contributed by atoms with Crippen molar-refractivity contribution in [2.45, 2.75) is 6.54 Å². The Labute approximate surface area is 102 Å². The first kappa shape index (κ1) is 10.9. The van der Waals surface area contributed by atoms with E-state index in [0.29, 0.717) is 29.2 Å². The van der Waals surface area contributed by atoms with Gasteiger partial charge in [0.05, 0.1) is 0 Å². The summed E-state index contributed by atoms with van der Waals surface area (Å²) in [5.41, 5.74) is 8.05. The second-order valence-corrected chi connectivity index (χ2v) is 3.89. The molecule has 4 nitrogen and oxygen atoms in total. The molecule has 0 aliphatic heterocycles. The number of nitrogens with two attached hydrogens (primary N) is 1. The van der Waals surface area contributed by atoms with Crippen LogP contribution in [0.1, 0.15) is 5.56 Å². The van der Waals surface area contributed by atoms with Gasteiger partial charge in [-0.15, -0.1) is 0 Å². The van der Waals surface area contributed by atoms with Crippen LogP contribution < -0.4 is 5.73 Å². The lowest BCUT2D eigenvalue weighted by Crippen LogP contribution is -1.96. The van der Waals surface area contributed by atoms with Crippen molar-refractivity contribution in [1.82, 2.24) is 9.97 Å². The average molecular weight is 243 g/mol. The van der Waals surface area contributed by atoms with Gasteiger partial charge in [0, 0.05) is 18.8 Å². The minimum atomic E-state index is -0.350. The molecule has 0 aliphatic carbocycles. The predicted octanol–water partition coefficient (Wildman–Crippen LogP) is 2.49. The summed E-state index contributed by atoms with van der Waals surface area (Å²) in [4.78, 5) is 8.46. The second-order valence-electron chi connectivity index (χ2n) is 3.89. The van der Waals surface area contributed by atoms with Crippen molar-refractivity contribution in [3.63, 3.8) is 0 Å². The molecule has 3 rings (SSSR count). The Morgan fingerprint density at radius 2 is 2.11 bits per heavy atom. The summed E-state index contributed by atoms with van der Waals surface area (Å²) >= 11 is 0. The Morgan fingerprint density at radius 1 is 1.22 bits per heavy atom. The minimum Gasteiger partial charge on any atom is -0.435 e. The number of pyridine rings is 1. The molecule has 2 heterocycles. The number of halogens is 1. The molecule has 3 aromatic rings. The van der Waals surface area contributed by atoms with Crippen LogP contribution in [0.4, 0.5) is 4.39 Å². The maximum atomic E-state index is 13.0. The second kappa shape index (κ2) is 4.19. The van der Waals surface area contributed by atoms with Crippen molar-refractivity contribution in [2.75, 3.05) is 0 Å². The van der Waals surface area contributed by atoms with Gasteiger partial charge in [-0.05, 0) is 23.8 Å². The highest BCUT2D eigenvalue weighted by molar-refractivity contribution is 5.75. The highest BCUT2D eigenvalue weighted by Crippen LogP contribution is 2.23. The van der Waals surface area contributed by atoms with Crippen LogP contribution in [-0.2, 0) is 6.54 Å². The molecular formula is C13H10FN3O. The van der Waals surface area contributed by atoms with Crippen molar-refractivity contribution < 1.29 is 8.81 Å². The molecule has 0 atom stereocenters. The zero-order valence-corrected chi connectivity index (χ0v) is 9.43. The van der Waals surface area contributed by atoms with E-state index in [0.717, 1.165) is 5.56 Å². The van der Waals surface area contributed by atoms with E-state index in [1.54, 1.807) is 18.3 Å². The summed E-state index contributed by atoms with van der Waals surface area (Å²) in [7, 11) is 0. The highest BCUT2D eigenvalue weighted by atomic mass is 19.1. The number of hydrogen-bond acceptors (Lipinski definition) is 4. The fourth-order valence-corrected chi connectivity index (χ4v) is 1.68. The zero-order chi connectivity index (χ0) is 12.5. The predicted molar refractivity (Wildman–Crippen MR) is 65.1 cm³/mol. The van der Waals surface area contributed by atoms with Crippen LogP contribution in [0, 0.1) is 5.82 Å². The van der Waals surface area contributed by atoms with E-state index >= 15 is 0 Å². The Morgan fingerprint density at radius 3 is 2.83 bits per heavy atom. The standard InChI is InChI=1S/C13H10FN3O/c14-9-2-4-10-12(5-9)18-13(17-10)11-3-1-8(6-15)7-16-11/h1-5,7H,6,15H2. The lowest BCUT2D eigenvalue weighted by molar-refractivity contribution is 0.600. The van der Waals surface area contributed by atoms with E-state index < -0.39 is 0 Å². The third-order valence-electron chi connectivity index (χ3n) is 2.63. The van der Waals surface area contributed by atoms with Crippen LogP contribution in [0.3, 0.4) is 0 Å². The molecule has 90 valence electrons. The van der Waals surface area contributed by atoms with Crippen molar-refractivity contribution in [3.8, 4) is 11.6 Å². The van der Waals surface area contributed by atoms with Crippen molar-refractivity contribution in [2.24, 2.45) is 5.73 Å². The molecule has 0 saturated carbocycles. The molecule has 0 bridgehead atoms. The van der Waals surface area contributed by atoms with E-state index in [2.05, 4.69) is 9.97 Å². The van der Waals surface area contributed by atoms with Crippen molar-refractivity contribution in [1.29, 1.82) is 0 Å². The van der Waals surface area contributed by atoms with Crippen LogP contribution >= 0.6 is 0 Å². The number of benzene rings is 1. The number of hydrogen-bond donors (Lipinski definition) is 1. The Hall–Kier alpha value is -2.27. The van der Waals surface area contributed by atoms with E-state index in [-0.39, 0.29) is 5.82 Å². The summed E-state index contributed by atoms with van der Waals surface area (Å²) in [6, 6.07) is 7.87. The Kier molecular flexibility index (Phi) is 2.53. The van der Waals surface area contributed by atoms with Gasteiger partial charge in [-0.2, -0.15) is 0 Å². The van der Waals surface area contributed by atoms with Crippen LogP contribution in [0.25, 0.3) is 22.7 Å². The fourth-order valence-electron chi connectivity index (χ4n) is 1.68. The summed E-state index contributed by atoms with van der Waals surface area (Å²) < 4.78 is 18.5. The molecule has 0 saturated heterocycles. The number of rotatable bonds is 2. The van der Waals surface area contributed by atoms with Gasteiger partial charge in [-0.3, -0.25) is 4.98 Å². The van der Waals surface area contributed by atoms with Gasteiger partial charge < -0.3 is 10.2 Å². The topological polar surface area (TPSA) is 64.9 Å². The molecule has 0 unspecified atom stereocenters. The van der Waals surface area contributed by atoms with Crippen LogP contribution in [-0.4, -0.2) is 9.97 Å². The number of nitrogens with zero attached hydrogens (tertiary/aromatic N) is 2. The van der Waals surface area contributed by atoms with E-state index in [4.69, 9.17) is 10.2 Å². The Balaban J connectivity index is 2.07. The first-order chi connectivity index (χ1) is 8.76. The maximum Gasteiger partial charge on any atom is 0.246 e. The van der Waals surface area contributed by atoms with E-state index in [1.165, 1.54) is 12.1 Å². The molecule has 5 heteroatoms. The van der Waals surface area contributed by atoms with Gasteiger partial charge in [-0.1, -0.05) is 6.07 Å². The molecule has 2 N–H and O–H groups in total. The van der Waals surface area contributed by atoms with Gasteiger partial charge in [0.2, 0.25) is 5.89 Å². The molecule has 0 aliphatic rings. The molecule has 0 radical (unpaired) electrons. The quantitative estimate of drug-likeness (QED) is 0.751. The van der Waals surface area contributed by atoms with Crippen molar-refractivity contribution in [3.05, 3.63) is 47.9 Å². The Bertz CT molecular complexity index is 691. The van der Waals surface area contributed by atoms with E-state index in [9.17, 15) is 4.39 Å². The summed E-state index contributed by atoms with van der Waals surface area (Å²) in [6.07, 6.45) is 1.67. The summed E-state index contributed by atoms with van der Waals surface area (Å²) in [5, 5.41) is 0. The van der Waals surface area contributed by atoms with Gasteiger partial charge >= 0.3 is 0 Å². The SMILES string of the molecule is NCc1ccc(-c2nc3ccc(F)cc3o2)nc1. The summed E-state index contributed by atoms with van der Waals surface area (Å²) in [6.45, 7) is 0.437. The number of fused-ring (bicyclic) bond motifs is 1. The molecule has 0 spiro atoms. The third-order valence-corrected chi connectivity index (χ3v) is 2.63. The minimum absolute atomic E-state index is 0.350. The molecule has 0 fully saturated rings. The van der Waals surface area contributed by atoms with Crippen LogP contribution in [0.15, 0.2) is 40.9 Å². The molecule has 18 heavy (non-hydrogen) atoms. The monoisotopic (exact) mass is 243 g/mol. The summed E-state index contributed by atoms with van der Waals surface area (Å²) in [5.74, 6) is 0.0239. The fraction of sp³-hybridized carbons (Fsp3) is 0.0769. The lowest BCUT2D eigenvalue weighted by Gasteiger charge is -1.96. The molecular weight excluding hydrogens is 233 g/mol. The first-order valence-electron chi connectivity index (χ1n) is 5.48. The largest absolute Gasteiger partial charge is 0.435 e. The van der Waals surface area contributed by atoms with Gasteiger partial charge in [0.15, 0.2) is 5.58 Å². The van der Waals surface area contributed by atoms with Gasteiger partial charge in [0.1, 0.15) is 17.0 Å². The molecule has 2 aromatic heterocycles. The van der Waals surface area contributed by atoms with Crippen molar-refractivity contribution >= 4 is 11.1 Å². The smallest absolute Gasteiger partial charge is 0.246 e. The maximum absolute atomic E-state index is 13.0. The van der Waals surface area contributed by atoms with Crippen LogP contribution in [0.2, 0.25) is 0 Å². The lowest BCUT2D eigenvalue weighted by atomic mass is 10.2. The highest BCUT2D eigenvalue weighted by Gasteiger charge is 2.09. The molecule has 0 amide bonds. The van der Waals surface area contributed by atoms with E-state index in [1.807, 2.05) is 6.07 Å². The van der Waals surface area contributed by atoms with Gasteiger partial charge in [-0.25, -0.2) is 9.37 Å². The normalized spacial score (nSPS) is 11.0. The third kappa shape index (κ3) is 1.84. The number of aromatic nitrogens is 2. The van der Waals surface area contributed by atoms with Gasteiger partial charge in [0.25, 0.3) is 0 Å². The molecule has 1 aromatic carbocycles.